The number of nitrogens with two attached hydrogens (primary N) is 1. The van der Waals surface area contributed by atoms with Gasteiger partial charge in [0, 0.05) is 31.5 Å². The molecule has 2 N–H and O–H groups in total. The van der Waals surface area contributed by atoms with E-state index in [2.05, 4.69) is 6.92 Å². The van der Waals surface area contributed by atoms with Crippen LogP contribution in [0.4, 0.5) is 5.69 Å². The molecule has 1 heterocycles. The summed E-state index contributed by atoms with van der Waals surface area (Å²) in [6.45, 7) is 2.73. The van der Waals surface area contributed by atoms with Crippen molar-refractivity contribution in [2.24, 2.45) is 0 Å². The molecule has 1 aliphatic rings. The van der Waals surface area contributed by atoms with Crippen LogP contribution in [0.1, 0.15) is 49.0 Å². The Morgan fingerprint density at radius 2 is 2.13 bits per heavy atom. The number of unbranched alkanes of at least 4 members (excludes halogenated alkanes) is 1. The summed E-state index contributed by atoms with van der Waals surface area (Å²) in [4.78, 5) is 27.1. The minimum atomic E-state index is -0.261. The third kappa shape index (κ3) is 2.83. The van der Waals surface area contributed by atoms with Gasteiger partial charge in [-0.2, -0.15) is 0 Å². The Morgan fingerprint density at radius 3 is 2.78 bits per heavy atom. The fourth-order valence-corrected chi connectivity index (χ4v) is 2.93. The van der Waals surface area contributed by atoms with Crippen LogP contribution in [-0.2, 0) is 0 Å². The number of anilines is 1. The van der Waals surface area contributed by atoms with Crippen molar-refractivity contribution in [1.82, 2.24) is 9.47 Å². The van der Waals surface area contributed by atoms with Crippen molar-refractivity contribution in [3.63, 3.8) is 0 Å². The molecule has 0 bridgehead atoms. The standard InChI is InChI=1S/C18H23N3O2/c1-3-4-10-20(2)18(23)13-11-21(12-8-9-12)15-7-5-6-14(19)16(15)17(13)22/h5-7,11-12H,3-4,8-10,19H2,1-2H3. The van der Waals surface area contributed by atoms with Gasteiger partial charge < -0.3 is 15.2 Å². The Kier molecular flexibility index (Phi) is 4.11. The van der Waals surface area contributed by atoms with Crippen LogP contribution in [-0.4, -0.2) is 29.0 Å². The average Bonchev–Trinajstić information content (AvgIpc) is 3.37. The zero-order valence-electron chi connectivity index (χ0n) is 13.7. The van der Waals surface area contributed by atoms with Crippen LogP contribution in [0.3, 0.4) is 0 Å². The van der Waals surface area contributed by atoms with Gasteiger partial charge in [-0.15, -0.1) is 0 Å². The van der Waals surface area contributed by atoms with E-state index in [9.17, 15) is 9.59 Å². The first-order valence-corrected chi connectivity index (χ1v) is 8.23. The van der Waals surface area contributed by atoms with Crippen molar-refractivity contribution in [3.8, 4) is 0 Å². The van der Waals surface area contributed by atoms with Crippen molar-refractivity contribution in [2.45, 2.75) is 38.6 Å². The Balaban J connectivity index is 2.14. The number of benzene rings is 1. The first-order chi connectivity index (χ1) is 11.0. The van der Waals surface area contributed by atoms with Crippen molar-refractivity contribution in [2.75, 3.05) is 19.3 Å². The van der Waals surface area contributed by atoms with Crippen LogP contribution in [0.2, 0.25) is 0 Å². The molecular weight excluding hydrogens is 290 g/mol. The second-order valence-corrected chi connectivity index (χ2v) is 6.33. The van der Waals surface area contributed by atoms with Gasteiger partial charge in [0.2, 0.25) is 5.43 Å². The van der Waals surface area contributed by atoms with Crippen molar-refractivity contribution in [3.05, 3.63) is 40.2 Å². The first-order valence-electron chi connectivity index (χ1n) is 8.23. The highest BCUT2D eigenvalue weighted by molar-refractivity contribution is 6.00. The van der Waals surface area contributed by atoms with Gasteiger partial charge >= 0.3 is 0 Å². The summed E-state index contributed by atoms with van der Waals surface area (Å²) in [6.07, 6.45) is 5.81. The van der Waals surface area contributed by atoms with Crippen LogP contribution >= 0.6 is 0 Å². The maximum atomic E-state index is 12.8. The number of fused-ring (bicyclic) bond motifs is 1. The average molecular weight is 313 g/mol. The summed E-state index contributed by atoms with van der Waals surface area (Å²) in [7, 11) is 1.75. The molecule has 1 amide bonds. The lowest BCUT2D eigenvalue weighted by Crippen LogP contribution is -2.32. The molecule has 0 unspecified atom stereocenters. The maximum Gasteiger partial charge on any atom is 0.259 e. The van der Waals surface area contributed by atoms with E-state index in [0.717, 1.165) is 31.2 Å². The minimum Gasteiger partial charge on any atom is -0.398 e. The topological polar surface area (TPSA) is 68.3 Å². The van der Waals surface area contributed by atoms with E-state index in [1.807, 2.05) is 16.7 Å². The molecule has 122 valence electrons. The summed E-state index contributed by atoms with van der Waals surface area (Å²) in [5.74, 6) is -0.219. The Hall–Kier alpha value is -2.30. The van der Waals surface area contributed by atoms with Gasteiger partial charge in [-0.1, -0.05) is 19.4 Å². The predicted molar refractivity (Wildman–Crippen MR) is 92.8 cm³/mol. The molecule has 0 atom stereocenters. The Morgan fingerprint density at radius 1 is 1.39 bits per heavy atom. The van der Waals surface area contributed by atoms with Crippen molar-refractivity contribution >= 4 is 22.5 Å². The summed E-state index contributed by atoms with van der Waals surface area (Å²) >= 11 is 0. The number of carbonyl (C=O) groups is 1. The highest BCUT2D eigenvalue weighted by Crippen LogP contribution is 2.37. The molecule has 1 aromatic carbocycles. The number of carbonyl (C=O) groups excluding carboxylic acids is 1. The number of hydrogen-bond acceptors (Lipinski definition) is 3. The summed E-state index contributed by atoms with van der Waals surface area (Å²) in [6, 6.07) is 5.84. The number of nitrogen functional groups attached to an aromatic ring is 1. The molecular formula is C18H23N3O2. The van der Waals surface area contributed by atoms with Gasteiger partial charge in [-0.05, 0) is 31.4 Å². The molecule has 0 spiro atoms. The molecule has 5 heteroatoms. The number of nitrogens with zero attached hydrogens (tertiary/aromatic N) is 2. The number of rotatable bonds is 5. The molecule has 23 heavy (non-hydrogen) atoms. The van der Waals surface area contributed by atoms with Crippen LogP contribution in [0.15, 0.2) is 29.2 Å². The van der Waals surface area contributed by atoms with Crippen LogP contribution in [0.25, 0.3) is 10.9 Å². The zero-order chi connectivity index (χ0) is 16.6. The minimum absolute atomic E-state index is 0.219. The van der Waals surface area contributed by atoms with Crippen LogP contribution in [0, 0.1) is 0 Å². The molecule has 1 saturated carbocycles. The summed E-state index contributed by atoms with van der Waals surface area (Å²) in [5, 5.41) is 0.467. The SMILES string of the molecule is CCCCN(C)C(=O)c1cn(C2CC2)c2cccc(N)c2c1=O. The number of amides is 1. The van der Waals surface area contributed by atoms with Crippen molar-refractivity contribution < 1.29 is 4.79 Å². The highest BCUT2D eigenvalue weighted by Gasteiger charge is 2.27. The lowest BCUT2D eigenvalue weighted by molar-refractivity contribution is 0.0791. The highest BCUT2D eigenvalue weighted by atomic mass is 16.2. The molecule has 2 aromatic rings. The maximum absolute atomic E-state index is 12.8. The van der Waals surface area contributed by atoms with Crippen LogP contribution < -0.4 is 11.2 Å². The van der Waals surface area contributed by atoms with Gasteiger partial charge in [0.15, 0.2) is 0 Å². The van der Waals surface area contributed by atoms with E-state index < -0.39 is 0 Å². The van der Waals surface area contributed by atoms with E-state index in [1.54, 1.807) is 24.2 Å². The molecule has 0 radical (unpaired) electrons. The van der Waals surface area contributed by atoms with E-state index >= 15 is 0 Å². The summed E-state index contributed by atoms with van der Waals surface area (Å²) < 4.78 is 2.05. The fraction of sp³-hybridized carbons (Fsp3) is 0.444. The third-order valence-electron chi connectivity index (χ3n) is 4.46. The number of aromatic nitrogens is 1. The molecule has 3 rings (SSSR count). The second-order valence-electron chi connectivity index (χ2n) is 6.33. The van der Waals surface area contributed by atoms with E-state index in [1.165, 1.54) is 0 Å². The monoisotopic (exact) mass is 313 g/mol. The lowest BCUT2D eigenvalue weighted by Gasteiger charge is -2.19. The normalized spacial score (nSPS) is 14.2. The molecule has 0 saturated heterocycles. The van der Waals surface area contributed by atoms with E-state index in [-0.39, 0.29) is 16.9 Å². The molecule has 5 nitrogen and oxygen atoms in total. The fourth-order valence-electron chi connectivity index (χ4n) is 2.93. The third-order valence-corrected chi connectivity index (χ3v) is 4.46. The number of hydrogen-bond donors (Lipinski definition) is 1. The lowest BCUT2D eigenvalue weighted by atomic mass is 10.1. The van der Waals surface area contributed by atoms with Gasteiger partial charge in [0.25, 0.3) is 5.91 Å². The largest absolute Gasteiger partial charge is 0.398 e. The Labute approximate surface area is 135 Å². The quantitative estimate of drug-likeness (QED) is 0.863. The second kappa shape index (κ2) is 6.07. The van der Waals surface area contributed by atoms with E-state index in [4.69, 9.17) is 5.73 Å². The van der Waals surface area contributed by atoms with Gasteiger partial charge in [0.05, 0.1) is 10.9 Å². The van der Waals surface area contributed by atoms with Crippen LogP contribution in [0.5, 0.6) is 0 Å². The van der Waals surface area contributed by atoms with Gasteiger partial charge in [0.1, 0.15) is 5.56 Å². The van der Waals surface area contributed by atoms with E-state index in [0.29, 0.717) is 23.7 Å². The summed E-state index contributed by atoms with van der Waals surface area (Å²) in [5.41, 5.74) is 7.26. The predicted octanol–water partition coefficient (Wildman–Crippen LogP) is 2.79. The van der Waals surface area contributed by atoms with Gasteiger partial charge in [-0.25, -0.2) is 0 Å². The Bertz CT molecular complexity index is 806. The van der Waals surface area contributed by atoms with Gasteiger partial charge in [-0.3, -0.25) is 9.59 Å². The number of pyridine rings is 1. The molecule has 0 aliphatic heterocycles. The van der Waals surface area contributed by atoms with Crippen molar-refractivity contribution in [1.29, 1.82) is 0 Å². The molecule has 1 fully saturated rings. The smallest absolute Gasteiger partial charge is 0.259 e. The molecule has 1 aliphatic carbocycles. The molecule has 1 aromatic heterocycles. The first kappa shape index (κ1) is 15.6. The zero-order valence-corrected chi connectivity index (χ0v) is 13.7.